The van der Waals surface area contributed by atoms with Crippen molar-refractivity contribution in [2.24, 2.45) is 0 Å². The van der Waals surface area contributed by atoms with Crippen molar-refractivity contribution in [3.05, 3.63) is 28.2 Å². The van der Waals surface area contributed by atoms with Crippen LogP contribution in [-0.4, -0.2) is 75.6 Å². The highest BCUT2D eigenvalue weighted by molar-refractivity contribution is 5.20. The van der Waals surface area contributed by atoms with E-state index in [1.54, 1.807) is 0 Å². The number of β-amino-alcohol motifs (C(OH)–C–C–N with tert-alkyl or cyclic N) is 1. The molecule has 7 heteroatoms. The zero-order valence-electron chi connectivity index (χ0n) is 12.8. The molecule has 1 aliphatic rings. The van der Waals surface area contributed by atoms with Crippen LogP contribution in [0.15, 0.2) is 17.1 Å². The van der Waals surface area contributed by atoms with E-state index < -0.39 is 0 Å². The Morgan fingerprint density at radius 2 is 1.68 bits per heavy atom. The van der Waals surface area contributed by atoms with Gasteiger partial charge in [-0.25, -0.2) is 0 Å². The Morgan fingerprint density at radius 1 is 1.00 bits per heavy atom. The van der Waals surface area contributed by atoms with Gasteiger partial charge in [-0.15, -0.1) is 0 Å². The number of piperazine rings is 1. The highest BCUT2D eigenvalue weighted by Gasteiger charge is 2.18. The molecule has 3 N–H and O–H groups in total. The predicted octanol–water partition coefficient (Wildman–Crippen LogP) is -0.954. The SMILES string of the molecule is O=c1cc(CN2CCN(CCO)CC2)n(CCCO)cc1O. The van der Waals surface area contributed by atoms with E-state index in [0.29, 0.717) is 26.1 Å². The highest BCUT2D eigenvalue weighted by atomic mass is 16.3. The maximum atomic E-state index is 11.7. The van der Waals surface area contributed by atoms with Crippen LogP contribution in [0.1, 0.15) is 12.1 Å². The summed E-state index contributed by atoms with van der Waals surface area (Å²) in [5.74, 6) is -0.255. The van der Waals surface area contributed by atoms with Gasteiger partial charge in [-0.2, -0.15) is 0 Å². The molecule has 7 nitrogen and oxygen atoms in total. The third-order valence-electron chi connectivity index (χ3n) is 4.02. The fourth-order valence-corrected chi connectivity index (χ4v) is 2.73. The van der Waals surface area contributed by atoms with Crippen molar-refractivity contribution in [1.29, 1.82) is 0 Å². The molecular weight excluding hydrogens is 286 g/mol. The summed E-state index contributed by atoms with van der Waals surface area (Å²) in [7, 11) is 0. The average molecular weight is 311 g/mol. The second-order valence-corrected chi connectivity index (χ2v) is 5.63. The van der Waals surface area contributed by atoms with Crippen LogP contribution in [0.2, 0.25) is 0 Å². The minimum absolute atomic E-state index is 0.0756. The Morgan fingerprint density at radius 3 is 2.32 bits per heavy atom. The number of aliphatic hydroxyl groups is 2. The molecule has 0 atom stereocenters. The molecule has 1 saturated heterocycles. The van der Waals surface area contributed by atoms with E-state index >= 15 is 0 Å². The number of hydrogen-bond acceptors (Lipinski definition) is 6. The van der Waals surface area contributed by atoms with Crippen molar-refractivity contribution < 1.29 is 15.3 Å². The molecule has 0 unspecified atom stereocenters. The Balaban J connectivity index is 2.02. The van der Waals surface area contributed by atoms with Gasteiger partial charge in [-0.3, -0.25) is 14.6 Å². The summed E-state index contributed by atoms with van der Waals surface area (Å²) < 4.78 is 1.84. The minimum atomic E-state index is -0.367. The van der Waals surface area contributed by atoms with Crippen LogP contribution < -0.4 is 5.43 Å². The Kier molecular flexibility index (Phi) is 6.38. The topological polar surface area (TPSA) is 89.2 Å². The number of aryl methyl sites for hydroxylation is 1. The number of aliphatic hydroxyl groups excluding tert-OH is 2. The van der Waals surface area contributed by atoms with Crippen molar-refractivity contribution in [2.75, 3.05) is 45.9 Å². The number of nitrogens with zero attached hydrogens (tertiary/aromatic N) is 3. The van der Waals surface area contributed by atoms with Crippen LogP contribution in [0, 0.1) is 0 Å². The molecule has 1 aromatic heterocycles. The molecule has 1 aromatic rings. The van der Waals surface area contributed by atoms with E-state index in [4.69, 9.17) is 10.2 Å². The smallest absolute Gasteiger partial charge is 0.223 e. The maximum Gasteiger partial charge on any atom is 0.223 e. The molecule has 1 aliphatic heterocycles. The molecule has 0 bridgehead atoms. The van der Waals surface area contributed by atoms with Crippen LogP contribution >= 0.6 is 0 Å². The summed E-state index contributed by atoms with van der Waals surface area (Å²) in [4.78, 5) is 16.2. The summed E-state index contributed by atoms with van der Waals surface area (Å²) in [6.45, 7) is 5.75. The van der Waals surface area contributed by atoms with Gasteiger partial charge in [0.05, 0.1) is 12.8 Å². The summed E-state index contributed by atoms with van der Waals surface area (Å²) in [5, 5.41) is 27.5. The molecule has 0 spiro atoms. The van der Waals surface area contributed by atoms with Crippen LogP contribution in [0.3, 0.4) is 0 Å². The molecular formula is C15H25N3O4. The summed E-state index contributed by atoms with van der Waals surface area (Å²) in [6.07, 6.45) is 2.04. The predicted molar refractivity (Wildman–Crippen MR) is 82.9 cm³/mol. The number of aromatic nitrogens is 1. The molecule has 1 fully saturated rings. The first kappa shape index (κ1) is 17.0. The standard InChI is InChI=1S/C15H25N3O4/c19-8-1-2-18-12-15(22)14(21)10-13(18)11-17-5-3-16(4-6-17)7-9-20/h10,12,19-20,22H,1-9,11H2. The van der Waals surface area contributed by atoms with Crippen molar-refractivity contribution in [1.82, 2.24) is 14.4 Å². The van der Waals surface area contributed by atoms with Gasteiger partial charge in [-0.1, -0.05) is 0 Å². The lowest BCUT2D eigenvalue weighted by molar-refractivity contribution is 0.106. The molecule has 0 aliphatic carbocycles. The summed E-state index contributed by atoms with van der Waals surface area (Å²) in [5.41, 5.74) is 0.487. The Bertz CT molecular complexity index is 524. The van der Waals surface area contributed by atoms with E-state index in [0.717, 1.165) is 31.9 Å². The highest BCUT2D eigenvalue weighted by Crippen LogP contribution is 2.11. The van der Waals surface area contributed by atoms with Crippen LogP contribution in [-0.2, 0) is 13.1 Å². The van der Waals surface area contributed by atoms with Gasteiger partial charge in [0, 0.05) is 64.2 Å². The average Bonchev–Trinajstić information content (AvgIpc) is 2.51. The molecule has 0 saturated carbocycles. The molecule has 124 valence electrons. The summed E-state index contributed by atoms with van der Waals surface area (Å²) in [6, 6.07) is 1.48. The molecule has 2 heterocycles. The van der Waals surface area contributed by atoms with Gasteiger partial charge in [0.2, 0.25) is 5.43 Å². The van der Waals surface area contributed by atoms with Crippen molar-refractivity contribution >= 4 is 0 Å². The largest absolute Gasteiger partial charge is 0.503 e. The lowest BCUT2D eigenvalue weighted by Gasteiger charge is -2.34. The molecule has 22 heavy (non-hydrogen) atoms. The minimum Gasteiger partial charge on any atom is -0.503 e. The van der Waals surface area contributed by atoms with E-state index in [9.17, 15) is 9.90 Å². The van der Waals surface area contributed by atoms with Crippen LogP contribution in [0.4, 0.5) is 0 Å². The fraction of sp³-hybridized carbons (Fsp3) is 0.667. The van der Waals surface area contributed by atoms with E-state index in [2.05, 4.69) is 9.80 Å². The van der Waals surface area contributed by atoms with E-state index in [1.807, 2.05) is 4.57 Å². The lowest BCUT2D eigenvalue weighted by Crippen LogP contribution is -2.47. The molecule has 0 radical (unpaired) electrons. The number of hydrogen-bond donors (Lipinski definition) is 3. The first-order valence-electron chi connectivity index (χ1n) is 7.73. The van der Waals surface area contributed by atoms with Gasteiger partial charge in [-0.05, 0) is 6.42 Å². The van der Waals surface area contributed by atoms with Gasteiger partial charge in [0.25, 0.3) is 0 Å². The maximum absolute atomic E-state index is 11.7. The van der Waals surface area contributed by atoms with Crippen molar-refractivity contribution in [3.63, 3.8) is 0 Å². The number of aromatic hydroxyl groups is 1. The van der Waals surface area contributed by atoms with E-state index in [-0.39, 0.29) is 24.4 Å². The number of rotatable bonds is 7. The Labute approximate surface area is 130 Å². The monoisotopic (exact) mass is 311 g/mol. The zero-order valence-corrected chi connectivity index (χ0v) is 12.8. The normalized spacial score (nSPS) is 17.0. The first-order valence-corrected chi connectivity index (χ1v) is 7.73. The molecule has 2 rings (SSSR count). The van der Waals surface area contributed by atoms with E-state index in [1.165, 1.54) is 12.3 Å². The third-order valence-corrected chi connectivity index (χ3v) is 4.02. The molecule has 0 aromatic carbocycles. The number of pyridine rings is 1. The summed E-state index contributed by atoms with van der Waals surface area (Å²) >= 11 is 0. The van der Waals surface area contributed by atoms with Crippen molar-refractivity contribution in [2.45, 2.75) is 19.5 Å². The fourth-order valence-electron chi connectivity index (χ4n) is 2.73. The molecule has 0 amide bonds. The van der Waals surface area contributed by atoms with Gasteiger partial charge in [0.1, 0.15) is 0 Å². The first-order chi connectivity index (χ1) is 10.6. The van der Waals surface area contributed by atoms with Gasteiger partial charge < -0.3 is 19.9 Å². The third kappa shape index (κ3) is 4.54. The quantitative estimate of drug-likeness (QED) is 0.601. The Hall–Kier alpha value is -1.41. The van der Waals surface area contributed by atoms with Gasteiger partial charge in [0.15, 0.2) is 5.75 Å². The van der Waals surface area contributed by atoms with Crippen molar-refractivity contribution in [3.8, 4) is 5.75 Å². The lowest BCUT2D eigenvalue weighted by atomic mass is 10.2. The van der Waals surface area contributed by atoms with Gasteiger partial charge >= 0.3 is 0 Å². The van der Waals surface area contributed by atoms with Crippen LogP contribution in [0.25, 0.3) is 0 Å². The second kappa shape index (κ2) is 8.28. The zero-order chi connectivity index (χ0) is 15.9. The second-order valence-electron chi connectivity index (χ2n) is 5.63. The van der Waals surface area contributed by atoms with Crippen LogP contribution in [0.5, 0.6) is 5.75 Å².